The van der Waals surface area contributed by atoms with Crippen molar-refractivity contribution in [1.82, 2.24) is 9.78 Å². The van der Waals surface area contributed by atoms with Gasteiger partial charge in [-0.15, -0.1) is 0 Å². The quantitative estimate of drug-likeness (QED) is 0.741. The lowest BCUT2D eigenvalue weighted by molar-refractivity contribution is -0.142. The lowest BCUT2D eigenvalue weighted by Gasteiger charge is -2.03. The van der Waals surface area contributed by atoms with E-state index in [1.165, 1.54) is 4.68 Å². The first-order chi connectivity index (χ1) is 7.45. The molecule has 2 unspecified atom stereocenters. The highest BCUT2D eigenvalue weighted by Gasteiger charge is 2.58. The molecule has 0 amide bonds. The maximum Gasteiger partial charge on any atom is 0.435 e. The van der Waals surface area contributed by atoms with Crippen LogP contribution in [0, 0.1) is 5.92 Å². The Hall–Kier alpha value is -1.33. The predicted octanol–water partition coefficient (Wildman–Crippen LogP) is 2.22. The fourth-order valence-electron chi connectivity index (χ4n) is 2.50. The van der Waals surface area contributed by atoms with Crippen LogP contribution in [0.3, 0.4) is 0 Å². The van der Waals surface area contributed by atoms with Crippen LogP contribution in [0.1, 0.15) is 41.0 Å². The first-order valence-corrected chi connectivity index (χ1v) is 5.17. The summed E-state index contributed by atoms with van der Waals surface area (Å²) in [7, 11) is 0. The van der Waals surface area contributed by atoms with Gasteiger partial charge >= 0.3 is 6.18 Å². The highest BCUT2D eigenvalue weighted by molar-refractivity contribution is 6.05. The number of fused-ring (bicyclic) bond motifs is 3. The third kappa shape index (κ3) is 1.04. The molecule has 6 heteroatoms. The van der Waals surface area contributed by atoms with Crippen LogP contribution in [0.5, 0.6) is 0 Å². The van der Waals surface area contributed by atoms with Crippen molar-refractivity contribution in [3.05, 3.63) is 17.0 Å². The second-order valence-electron chi connectivity index (χ2n) is 4.24. The lowest BCUT2D eigenvalue weighted by atomic mass is 10.1. The predicted molar refractivity (Wildman–Crippen MR) is 48.1 cm³/mol. The normalized spacial score (nSPS) is 26.9. The molecule has 0 N–H and O–H groups in total. The molecular formula is C10H9F3N2O. The SMILES string of the molecule is CCn1nc(C(F)(F)F)c2c1C(=O)C1CC21. The summed E-state index contributed by atoms with van der Waals surface area (Å²) in [6.45, 7) is 1.98. The van der Waals surface area contributed by atoms with Gasteiger partial charge in [0, 0.05) is 18.0 Å². The fraction of sp³-hybridized carbons (Fsp3) is 0.600. The minimum absolute atomic E-state index is 0.143. The molecule has 0 aliphatic heterocycles. The molecule has 0 bridgehead atoms. The number of carbonyl (C=O) groups excluding carboxylic acids is 1. The molecule has 1 fully saturated rings. The summed E-state index contributed by atoms with van der Waals surface area (Å²) in [4.78, 5) is 11.7. The Morgan fingerprint density at radius 2 is 2.12 bits per heavy atom. The molecule has 3 rings (SSSR count). The molecule has 2 atom stereocenters. The van der Waals surface area contributed by atoms with E-state index in [-0.39, 0.29) is 28.9 Å². The van der Waals surface area contributed by atoms with Gasteiger partial charge in [0.25, 0.3) is 0 Å². The van der Waals surface area contributed by atoms with Gasteiger partial charge in [-0.05, 0) is 19.3 Å². The zero-order valence-corrected chi connectivity index (χ0v) is 8.51. The average Bonchev–Trinajstić information content (AvgIpc) is 2.79. The summed E-state index contributed by atoms with van der Waals surface area (Å²) in [5, 5.41) is 3.52. The molecule has 1 aromatic heterocycles. The topological polar surface area (TPSA) is 34.9 Å². The molecule has 1 aromatic rings. The summed E-state index contributed by atoms with van der Waals surface area (Å²) in [5.74, 6) is -0.587. The van der Waals surface area contributed by atoms with Gasteiger partial charge in [0.15, 0.2) is 11.5 Å². The van der Waals surface area contributed by atoms with Crippen LogP contribution in [-0.2, 0) is 12.7 Å². The van der Waals surface area contributed by atoms with Gasteiger partial charge < -0.3 is 0 Å². The lowest BCUT2D eigenvalue weighted by Crippen LogP contribution is -2.11. The molecule has 0 spiro atoms. The van der Waals surface area contributed by atoms with Gasteiger partial charge in [0.2, 0.25) is 0 Å². The Morgan fingerprint density at radius 3 is 2.69 bits per heavy atom. The maximum atomic E-state index is 12.7. The van der Waals surface area contributed by atoms with Crippen LogP contribution >= 0.6 is 0 Å². The zero-order chi connectivity index (χ0) is 11.7. The molecular weight excluding hydrogens is 221 g/mol. The van der Waals surface area contributed by atoms with Gasteiger partial charge in [0.05, 0.1) is 0 Å². The monoisotopic (exact) mass is 230 g/mol. The van der Waals surface area contributed by atoms with Crippen molar-refractivity contribution in [2.75, 3.05) is 0 Å². The number of nitrogens with zero attached hydrogens (tertiary/aromatic N) is 2. The van der Waals surface area contributed by atoms with Crippen molar-refractivity contribution >= 4 is 5.78 Å². The molecule has 0 saturated heterocycles. The smallest absolute Gasteiger partial charge is 0.292 e. The van der Waals surface area contributed by atoms with Crippen LogP contribution in [0.25, 0.3) is 0 Å². The number of hydrogen-bond donors (Lipinski definition) is 0. The van der Waals surface area contributed by atoms with Crippen molar-refractivity contribution in [1.29, 1.82) is 0 Å². The maximum absolute atomic E-state index is 12.7. The summed E-state index contributed by atoms with van der Waals surface area (Å²) < 4.78 is 39.4. The number of alkyl halides is 3. The number of carbonyl (C=O) groups is 1. The minimum Gasteiger partial charge on any atom is -0.292 e. The summed E-state index contributed by atoms with van der Waals surface area (Å²) >= 11 is 0. The fourth-order valence-corrected chi connectivity index (χ4v) is 2.50. The number of aryl methyl sites for hydroxylation is 1. The molecule has 86 valence electrons. The van der Waals surface area contributed by atoms with Crippen LogP contribution < -0.4 is 0 Å². The average molecular weight is 230 g/mol. The molecule has 2 aliphatic rings. The Bertz CT molecular complexity index is 489. The molecule has 1 saturated carbocycles. The van der Waals surface area contributed by atoms with E-state index in [1.807, 2.05) is 0 Å². The molecule has 0 aromatic carbocycles. The Balaban J connectivity index is 2.23. The van der Waals surface area contributed by atoms with Gasteiger partial charge in [-0.25, -0.2) is 0 Å². The van der Waals surface area contributed by atoms with Gasteiger partial charge in [-0.2, -0.15) is 18.3 Å². The van der Waals surface area contributed by atoms with E-state index < -0.39 is 11.9 Å². The summed E-state index contributed by atoms with van der Waals surface area (Å²) in [6.07, 6.45) is -3.90. The van der Waals surface area contributed by atoms with Crippen molar-refractivity contribution in [3.8, 4) is 0 Å². The number of ketones is 1. The molecule has 3 nitrogen and oxygen atoms in total. The first-order valence-electron chi connectivity index (χ1n) is 5.17. The van der Waals surface area contributed by atoms with E-state index in [9.17, 15) is 18.0 Å². The second kappa shape index (κ2) is 2.67. The zero-order valence-electron chi connectivity index (χ0n) is 8.51. The number of aromatic nitrogens is 2. The molecule has 2 aliphatic carbocycles. The van der Waals surface area contributed by atoms with Crippen LogP contribution in [0.15, 0.2) is 0 Å². The summed E-state index contributed by atoms with van der Waals surface area (Å²) in [5.41, 5.74) is -0.525. The van der Waals surface area contributed by atoms with E-state index in [2.05, 4.69) is 5.10 Å². The highest BCUT2D eigenvalue weighted by atomic mass is 19.4. The van der Waals surface area contributed by atoms with Gasteiger partial charge in [-0.1, -0.05) is 0 Å². The van der Waals surface area contributed by atoms with E-state index in [4.69, 9.17) is 0 Å². The standard InChI is InChI=1S/C10H9F3N2O/c1-2-15-7-6(4-3-5(4)8(7)16)9(14-15)10(11,12)13/h4-5H,2-3H2,1H3. The van der Waals surface area contributed by atoms with E-state index in [1.54, 1.807) is 6.92 Å². The van der Waals surface area contributed by atoms with E-state index >= 15 is 0 Å². The largest absolute Gasteiger partial charge is 0.435 e. The Kier molecular flexibility index (Phi) is 1.65. The Morgan fingerprint density at radius 1 is 1.44 bits per heavy atom. The number of rotatable bonds is 1. The number of halogens is 3. The van der Waals surface area contributed by atoms with Crippen molar-refractivity contribution < 1.29 is 18.0 Å². The van der Waals surface area contributed by atoms with Gasteiger partial charge in [0.1, 0.15) is 5.69 Å². The van der Waals surface area contributed by atoms with Crippen LogP contribution in [0.4, 0.5) is 13.2 Å². The first kappa shape index (κ1) is 9.86. The summed E-state index contributed by atoms with van der Waals surface area (Å²) in [6, 6.07) is 0. The Labute approximate surface area is 89.2 Å². The third-order valence-corrected chi connectivity index (χ3v) is 3.29. The highest BCUT2D eigenvalue weighted by Crippen LogP contribution is 2.58. The molecule has 0 radical (unpaired) electrons. The molecule has 1 heterocycles. The van der Waals surface area contributed by atoms with Crippen molar-refractivity contribution in [2.45, 2.75) is 32.0 Å². The minimum atomic E-state index is -4.46. The van der Waals surface area contributed by atoms with E-state index in [0.717, 1.165) is 0 Å². The van der Waals surface area contributed by atoms with Crippen LogP contribution in [-0.4, -0.2) is 15.6 Å². The number of Topliss-reactive ketones (excluding diaryl/α,β-unsaturated/α-hetero) is 1. The van der Waals surface area contributed by atoms with Crippen molar-refractivity contribution in [2.24, 2.45) is 5.92 Å². The second-order valence-corrected chi connectivity index (χ2v) is 4.24. The number of hydrogen-bond acceptors (Lipinski definition) is 2. The third-order valence-electron chi connectivity index (χ3n) is 3.29. The van der Waals surface area contributed by atoms with Crippen LogP contribution in [0.2, 0.25) is 0 Å². The van der Waals surface area contributed by atoms with Crippen molar-refractivity contribution in [3.63, 3.8) is 0 Å². The van der Waals surface area contributed by atoms with E-state index in [0.29, 0.717) is 13.0 Å². The van der Waals surface area contributed by atoms with Gasteiger partial charge in [-0.3, -0.25) is 9.48 Å². The molecule has 16 heavy (non-hydrogen) atoms.